The molecule has 1 aromatic carbocycles. The number of carbonyl (C=O) groups excluding carboxylic acids is 3. The zero-order valence-electron chi connectivity index (χ0n) is 12.6. The first-order valence-electron chi connectivity index (χ1n) is 6.25. The lowest BCUT2D eigenvalue weighted by atomic mass is 10.2. The summed E-state index contributed by atoms with van der Waals surface area (Å²) in [5.41, 5.74) is 1.61. The third-order valence-electron chi connectivity index (χ3n) is 2.13. The summed E-state index contributed by atoms with van der Waals surface area (Å²) in [5, 5.41) is 0. The Morgan fingerprint density at radius 1 is 1.14 bits per heavy atom. The summed E-state index contributed by atoms with van der Waals surface area (Å²) in [7, 11) is 1.33. The van der Waals surface area contributed by atoms with Crippen LogP contribution in [0, 0.1) is 0 Å². The number of esters is 3. The highest BCUT2D eigenvalue weighted by atomic mass is 16.6. The molecule has 5 heteroatoms. The molecule has 0 N–H and O–H groups in total. The van der Waals surface area contributed by atoms with E-state index < -0.39 is 11.9 Å². The Balaban J connectivity index is 0.000000302. The summed E-state index contributed by atoms with van der Waals surface area (Å²) in [6.07, 6.45) is 4.00. The van der Waals surface area contributed by atoms with E-state index >= 15 is 0 Å². The molecular formula is C17H18O5. The van der Waals surface area contributed by atoms with Crippen LogP contribution in [0.15, 0.2) is 61.2 Å². The van der Waals surface area contributed by atoms with E-state index in [0.717, 1.165) is 12.2 Å². The Hall–Kier alpha value is -2.95. The minimum Gasteiger partial charge on any atom is -0.466 e. The van der Waals surface area contributed by atoms with Crippen LogP contribution in [0.1, 0.15) is 12.5 Å². The maximum atomic E-state index is 10.2. The Labute approximate surface area is 129 Å². The van der Waals surface area contributed by atoms with Crippen molar-refractivity contribution in [1.29, 1.82) is 0 Å². The van der Waals surface area contributed by atoms with Gasteiger partial charge in [0.25, 0.3) is 0 Å². The summed E-state index contributed by atoms with van der Waals surface area (Å²) in [6, 6.07) is 10.0. The molecule has 0 atom stereocenters. The monoisotopic (exact) mass is 302 g/mol. The van der Waals surface area contributed by atoms with Gasteiger partial charge in [-0.05, 0) is 12.5 Å². The normalized spacial score (nSPS) is 11.2. The van der Waals surface area contributed by atoms with Gasteiger partial charge < -0.3 is 9.47 Å². The van der Waals surface area contributed by atoms with Gasteiger partial charge in [0, 0.05) is 17.7 Å². The number of benzene rings is 1. The summed E-state index contributed by atoms with van der Waals surface area (Å²) in [6.45, 7) is 8.59. The van der Waals surface area contributed by atoms with Crippen LogP contribution in [0.2, 0.25) is 0 Å². The standard InChI is InChI=1S/C8H8.C5H8O2.C4H2O3/c1-2-8-6-4-3-5-7-8;1-4(2)5(6)7-3;5-3-1-2-4(6)7-3/h2-7H,1H2;1H2,2-3H3;1-2H. The van der Waals surface area contributed by atoms with Crippen LogP contribution in [-0.2, 0) is 23.9 Å². The Kier molecular flexibility index (Phi) is 9.35. The highest BCUT2D eigenvalue weighted by molar-refractivity contribution is 6.04. The van der Waals surface area contributed by atoms with E-state index in [0.29, 0.717) is 5.57 Å². The van der Waals surface area contributed by atoms with Gasteiger partial charge >= 0.3 is 17.9 Å². The highest BCUT2D eigenvalue weighted by Gasteiger charge is 2.10. The molecule has 0 radical (unpaired) electrons. The van der Waals surface area contributed by atoms with Crippen LogP contribution >= 0.6 is 0 Å². The molecule has 0 bridgehead atoms. The van der Waals surface area contributed by atoms with Gasteiger partial charge in [0.15, 0.2) is 0 Å². The van der Waals surface area contributed by atoms with E-state index in [-0.39, 0.29) is 5.97 Å². The molecule has 1 aliphatic heterocycles. The number of rotatable bonds is 2. The van der Waals surface area contributed by atoms with Crippen molar-refractivity contribution in [3.8, 4) is 0 Å². The SMILES string of the molecule is C=C(C)C(=O)OC.C=Cc1ccccc1.O=C1C=CC(=O)O1. The average Bonchev–Trinajstić information content (AvgIpc) is 2.91. The van der Waals surface area contributed by atoms with Gasteiger partial charge in [0.1, 0.15) is 0 Å². The lowest BCUT2D eigenvalue weighted by Crippen LogP contribution is -1.98. The smallest absolute Gasteiger partial charge is 0.338 e. The quantitative estimate of drug-likeness (QED) is 0.477. The molecule has 0 aliphatic carbocycles. The molecule has 2 rings (SSSR count). The van der Waals surface area contributed by atoms with Crippen LogP contribution in [0.25, 0.3) is 6.08 Å². The zero-order valence-corrected chi connectivity index (χ0v) is 12.6. The van der Waals surface area contributed by atoms with E-state index in [1.807, 2.05) is 36.4 Å². The van der Waals surface area contributed by atoms with E-state index in [4.69, 9.17) is 0 Å². The fraction of sp³-hybridized carbons (Fsp3) is 0.118. The average molecular weight is 302 g/mol. The third kappa shape index (κ3) is 9.03. The largest absolute Gasteiger partial charge is 0.466 e. The number of ether oxygens (including phenoxy) is 2. The van der Waals surface area contributed by atoms with Crippen molar-refractivity contribution >= 4 is 24.0 Å². The summed E-state index contributed by atoms with van der Waals surface area (Å²) in [4.78, 5) is 30.0. The van der Waals surface area contributed by atoms with Gasteiger partial charge in [-0.25, -0.2) is 14.4 Å². The van der Waals surface area contributed by atoms with Gasteiger partial charge in [-0.3, -0.25) is 0 Å². The molecule has 116 valence electrons. The molecule has 0 spiro atoms. The molecule has 1 aromatic rings. The molecule has 0 unspecified atom stereocenters. The van der Waals surface area contributed by atoms with Crippen molar-refractivity contribution in [3.05, 3.63) is 66.8 Å². The van der Waals surface area contributed by atoms with Crippen molar-refractivity contribution in [2.45, 2.75) is 6.92 Å². The lowest BCUT2D eigenvalue weighted by Gasteiger charge is -1.91. The fourth-order valence-corrected chi connectivity index (χ4v) is 1.07. The second kappa shape index (κ2) is 10.8. The maximum absolute atomic E-state index is 10.2. The number of carbonyl (C=O) groups is 3. The second-order valence-corrected chi connectivity index (χ2v) is 3.96. The second-order valence-electron chi connectivity index (χ2n) is 3.96. The molecule has 0 saturated carbocycles. The lowest BCUT2D eigenvalue weighted by molar-refractivity contribution is -0.150. The van der Waals surface area contributed by atoms with Gasteiger partial charge in [0.05, 0.1) is 7.11 Å². The van der Waals surface area contributed by atoms with E-state index in [1.54, 1.807) is 6.92 Å². The van der Waals surface area contributed by atoms with Crippen LogP contribution in [0.4, 0.5) is 0 Å². The summed E-state index contributed by atoms with van der Waals surface area (Å²) < 4.78 is 8.25. The maximum Gasteiger partial charge on any atom is 0.338 e. The van der Waals surface area contributed by atoms with E-state index in [9.17, 15) is 14.4 Å². The molecule has 1 heterocycles. The minimum absolute atomic E-state index is 0.347. The molecule has 0 amide bonds. The Bertz CT molecular complexity index is 554. The number of hydrogen-bond donors (Lipinski definition) is 0. The van der Waals surface area contributed by atoms with Crippen molar-refractivity contribution in [2.75, 3.05) is 7.11 Å². The van der Waals surface area contributed by atoms with Gasteiger partial charge in [-0.15, -0.1) is 0 Å². The Morgan fingerprint density at radius 3 is 1.82 bits per heavy atom. The molecule has 1 aliphatic rings. The highest BCUT2D eigenvalue weighted by Crippen LogP contribution is 1.97. The summed E-state index contributed by atoms with van der Waals surface area (Å²) >= 11 is 0. The third-order valence-corrected chi connectivity index (χ3v) is 2.13. The number of methoxy groups -OCH3 is 1. The van der Waals surface area contributed by atoms with Crippen LogP contribution < -0.4 is 0 Å². The molecule has 22 heavy (non-hydrogen) atoms. The molecule has 5 nitrogen and oxygen atoms in total. The first-order chi connectivity index (χ1) is 10.4. The van der Waals surface area contributed by atoms with Gasteiger partial charge in [0.2, 0.25) is 0 Å². The van der Waals surface area contributed by atoms with Crippen molar-refractivity contribution in [3.63, 3.8) is 0 Å². The predicted molar refractivity (Wildman–Crippen MR) is 83.6 cm³/mol. The molecule has 0 fully saturated rings. The first-order valence-corrected chi connectivity index (χ1v) is 6.25. The number of cyclic esters (lactones) is 2. The topological polar surface area (TPSA) is 69.7 Å². The van der Waals surface area contributed by atoms with Crippen LogP contribution in [0.3, 0.4) is 0 Å². The number of hydrogen-bond acceptors (Lipinski definition) is 5. The molecule has 0 aromatic heterocycles. The van der Waals surface area contributed by atoms with Crippen LogP contribution in [-0.4, -0.2) is 25.0 Å². The van der Waals surface area contributed by atoms with Gasteiger partial charge in [-0.1, -0.05) is 49.6 Å². The molecular weight excluding hydrogens is 284 g/mol. The van der Waals surface area contributed by atoms with E-state index in [1.165, 1.54) is 12.7 Å². The van der Waals surface area contributed by atoms with Gasteiger partial charge in [-0.2, -0.15) is 0 Å². The predicted octanol–water partition coefficient (Wildman–Crippen LogP) is 2.69. The van der Waals surface area contributed by atoms with Crippen LogP contribution in [0.5, 0.6) is 0 Å². The zero-order chi connectivity index (χ0) is 17.0. The first kappa shape index (κ1) is 19.1. The minimum atomic E-state index is -0.579. The fourth-order valence-electron chi connectivity index (χ4n) is 1.07. The molecule has 0 saturated heterocycles. The summed E-state index contributed by atoms with van der Waals surface area (Å²) in [5.74, 6) is -1.50. The van der Waals surface area contributed by atoms with E-state index in [2.05, 4.69) is 22.6 Å². The Morgan fingerprint density at radius 2 is 1.64 bits per heavy atom. The van der Waals surface area contributed by atoms with Crippen molar-refractivity contribution in [1.82, 2.24) is 0 Å². The van der Waals surface area contributed by atoms with Crippen molar-refractivity contribution in [2.24, 2.45) is 0 Å². The van der Waals surface area contributed by atoms with Crippen molar-refractivity contribution < 1.29 is 23.9 Å².